The van der Waals surface area contributed by atoms with Gasteiger partial charge in [-0.25, -0.2) is 0 Å². The number of alkyl halides is 1. The Labute approximate surface area is 99.6 Å². The first kappa shape index (κ1) is 13.2. The Morgan fingerprint density at radius 3 is 2.67 bits per heavy atom. The third kappa shape index (κ3) is 2.61. The minimum atomic E-state index is -0.410. The highest BCUT2D eigenvalue weighted by Crippen LogP contribution is 2.41. The summed E-state index contributed by atoms with van der Waals surface area (Å²) in [4.78, 5) is 0.191. The van der Waals surface area contributed by atoms with Crippen LogP contribution in [0.1, 0.15) is 20.8 Å². The molecule has 1 heterocycles. The molecule has 0 spiro atoms. The second-order valence-corrected chi connectivity index (χ2v) is 5.30. The normalized spacial score (nSPS) is 42.3. The molecule has 0 unspecified atom stereocenters. The lowest BCUT2D eigenvalue weighted by Crippen LogP contribution is -2.31. The summed E-state index contributed by atoms with van der Waals surface area (Å²) in [5, 5.41) is 9.01. The molecule has 0 aromatic heterocycles. The Hall–Kier alpha value is 0.100. The second-order valence-electron chi connectivity index (χ2n) is 4.32. The number of hydrogen-bond acceptors (Lipinski definition) is 3. The van der Waals surface area contributed by atoms with Crippen molar-refractivity contribution < 1.29 is 14.6 Å². The first-order chi connectivity index (χ1) is 6.94. The van der Waals surface area contributed by atoms with Crippen molar-refractivity contribution in [2.75, 3.05) is 13.7 Å². The van der Waals surface area contributed by atoms with E-state index in [1.807, 2.05) is 19.9 Å². The van der Waals surface area contributed by atoms with Crippen LogP contribution in [0.4, 0.5) is 0 Å². The molecule has 0 bridgehead atoms. The first-order valence-electron chi connectivity index (χ1n) is 5.08. The molecule has 1 N–H and O–H groups in total. The van der Waals surface area contributed by atoms with E-state index < -0.39 is 5.60 Å². The van der Waals surface area contributed by atoms with E-state index in [1.165, 1.54) is 0 Å². The van der Waals surface area contributed by atoms with Gasteiger partial charge in [-0.3, -0.25) is 0 Å². The number of rotatable bonds is 3. The number of ether oxygens (including phenoxy) is 2. The van der Waals surface area contributed by atoms with Gasteiger partial charge < -0.3 is 14.6 Å². The molecule has 3 nitrogen and oxygen atoms in total. The summed E-state index contributed by atoms with van der Waals surface area (Å²) in [7, 11) is 1.65. The number of halogens is 1. The molecular formula is C11H19BrO3. The maximum atomic E-state index is 9.01. The molecule has 0 aromatic carbocycles. The highest BCUT2D eigenvalue weighted by molar-refractivity contribution is 9.09. The molecule has 0 aliphatic carbocycles. The van der Waals surface area contributed by atoms with Crippen LogP contribution in [-0.2, 0) is 9.47 Å². The van der Waals surface area contributed by atoms with Gasteiger partial charge in [0, 0.05) is 13.0 Å². The van der Waals surface area contributed by atoms with Crippen molar-refractivity contribution in [3.05, 3.63) is 11.6 Å². The van der Waals surface area contributed by atoms with Crippen molar-refractivity contribution in [1.29, 1.82) is 0 Å². The van der Waals surface area contributed by atoms with Crippen LogP contribution in [0.3, 0.4) is 0 Å². The molecule has 1 rings (SSSR count). The van der Waals surface area contributed by atoms with Crippen LogP contribution < -0.4 is 0 Å². The molecule has 1 saturated heterocycles. The minimum absolute atomic E-state index is 0.0602. The molecule has 0 saturated carbocycles. The number of methoxy groups -OCH3 is 1. The van der Waals surface area contributed by atoms with Crippen LogP contribution >= 0.6 is 15.9 Å². The topological polar surface area (TPSA) is 38.7 Å². The highest BCUT2D eigenvalue weighted by atomic mass is 79.9. The Bertz CT molecular complexity index is 254. The van der Waals surface area contributed by atoms with E-state index >= 15 is 0 Å². The molecule has 0 aromatic rings. The molecule has 15 heavy (non-hydrogen) atoms. The number of aliphatic hydroxyl groups is 1. The quantitative estimate of drug-likeness (QED) is 0.635. The molecule has 88 valence electrons. The van der Waals surface area contributed by atoms with E-state index in [-0.39, 0.29) is 23.6 Å². The summed E-state index contributed by atoms with van der Waals surface area (Å²) in [6.07, 6.45) is 1.77. The SMILES string of the molecule is CO[C@@H]1O[C@@](C)(/C=C(\C)CO)[C@H](Br)[C@H]1C. The van der Waals surface area contributed by atoms with Crippen LogP contribution in [-0.4, -0.2) is 35.5 Å². The summed E-state index contributed by atoms with van der Waals surface area (Å²) < 4.78 is 11.1. The Kier molecular flexibility index (Phi) is 4.35. The largest absolute Gasteiger partial charge is 0.392 e. The predicted octanol–water partition coefficient (Wildman–Crippen LogP) is 2.09. The van der Waals surface area contributed by atoms with Gasteiger partial charge in [-0.1, -0.05) is 28.9 Å². The number of aliphatic hydroxyl groups excluding tert-OH is 1. The van der Waals surface area contributed by atoms with Gasteiger partial charge >= 0.3 is 0 Å². The predicted molar refractivity (Wildman–Crippen MR) is 63.0 cm³/mol. The molecular weight excluding hydrogens is 260 g/mol. The molecule has 4 heteroatoms. The monoisotopic (exact) mass is 278 g/mol. The summed E-state index contributed by atoms with van der Waals surface area (Å²) >= 11 is 3.63. The lowest BCUT2D eigenvalue weighted by Gasteiger charge is -2.24. The maximum Gasteiger partial charge on any atom is 0.162 e. The molecule has 4 atom stereocenters. The van der Waals surface area contributed by atoms with E-state index in [9.17, 15) is 0 Å². The van der Waals surface area contributed by atoms with Crippen LogP contribution in [0, 0.1) is 5.92 Å². The van der Waals surface area contributed by atoms with Gasteiger partial charge in [0.1, 0.15) is 0 Å². The van der Waals surface area contributed by atoms with Crippen molar-refractivity contribution in [1.82, 2.24) is 0 Å². The lowest BCUT2D eigenvalue weighted by atomic mass is 9.94. The zero-order valence-corrected chi connectivity index (χ0v) is 11.2. The molecule has 0 radical (unpaired) electrons. The Morgan fingerprint density at radius 2 is 2.27 bits per heavy atom. The zero-order valence-electron chi connectivity index (χ0n) is 9.66. The summed E-state index contributed by atoms with van der Waals surface area (Å²) in [5.41, 5.74) is 0.498. The standard InChI is InChI=1S/C11H19BrO3/c1-7(6-13)5-11(3)9(12)8(2)10(14-4)15-11/h5,8-10,13H,6H2,1-4H3/b7-5+/t8-,9-,10-,11+/m1/s1. The van der Waals surface area contributed by atoms with Crippen molar-refractivity contribution >= 4 is 15.9 Å². The van der Waals surface area contributed by atoms with Crippen LogP contribution in [0.15, 0.2) is 11.6 Å². The minimum Gasteiger partial charge on any atom is -0.392 e. The van der Waals surface area contributed by atoms with Gasteiger partial charge in [-0.05, 0) is 19.4 Å². The van der Waals surface area contributed by atoms with E-state index in [4.69, 9.17) is 14.6 Å². The van der Waals surface area contributed by atoms with Crippen molar-refractivity contribution in [3.63, 3.8) is 0 Å². The molecule has 0 amide bonds. The molecule has 1 fully saturated rings. The van der Waals surface area contributed by atoms with E-state index in [2.05, 4.69) is 22.9 Å². The molecule has 1 aliphatic heterocycles. The van der Waals surface area contributed by atoms with Gasteiger partial charge in [-0.15, -0.1) is 0 Å². The zero-order chi connectivity index (χ0) is 11.6. The summed E-state index contributed by atoms with van der Waals surface area (Å²) in [5.74, 6) is 0.280. The van der Waals surface area contributed by atoms with Crippen molar-refractivity contribution in [2.45, 2.75) is 37.5 Å². The number of hydrogen-bond donors (Lipinski definition) is 1. The third-order valence-corrected chi connectivity index (χ3v) is 4.57. The van der Waals surface area contributed by atoms with E-state index in [1.54, 1.807) is 7.11 Å². The van der Waals surface area contributed by atoms with Gasteiger partial charge in [0.15, 0.2) is 6.29 Å². The summed E-state index contributed by atoms with van der Waals surface area (Å²) in [6, 6.07) is 0. The Morgan fingerprint density at radius 1 is 1.67 bits per heavy atom. The van der Waals surface area contributed by atoms with Crippen molar-refractivity contribution in [2.24, 2.45) is 5.92 Å². The van der Waals surface area contributed by atoms with Crippen LogP contribution in [0.5, 0.6) is 0 Å². The summed E-state index contributed by atoms with van der Waals surface area (Å²) in [6.45, 7) is 6.03. The van der Waals surface area contributed by atoms with E-state index in [0.29, 0.717) is 0 Å². The Balaban J connectivity index is 2.87. The van der Waals surface area contributed by atoms with Gasteiger partial charge in [0.25, 0.3) is 0 Å². The van der Waals surface area contributed by atoms with Crippen LogP contribution in [0.25, 0.3) is 0 Å². The van der Waals surface area contributed by atoms with Crippen molar-refractivity contribution in [3.8, 4) is 0 Å². The fraction of sp³-hybridized carbons (Fsp3) is 0.818. The average molecular weight is 279 g/mol. The highest BCUT2D eigenvalue weighted by Gasteiger charge is 2.47. The average Bonchev–Trinajstić information content (AvgIpc) is 2.42. The van der Waals surface area contributed by atoms with Gasteiger partial charge in [0.05, 0.1) is 17.0 Å². The smallest absolute Gasteiger partial charge is 0.162 e. The molecule has 1 aliphatic rings. The van der Waals surface area contributed by atoms with Gasteiger partial charge in [0.2, 0.25) is 0 Å². The maximum absolute atomic E-state index is 9.01. The second kappa shape index (κ2) is 4.95. The first-order valence-corrected chi connectivity index (χ1v) is 6.00. The lowest BCUT2D eigenvalue weighted by molar-refractivity contribution is -0.145. The van der Waals surface area contributed by atoms with Gasteiger partial charge in [-0.2, -0.15) is 0 Å². The van der Waals surface area contributed by atoms with Crippen LogP contribution in [0.2, 0.25) is 0 Å². The third-order valence-electron chi connectivity index (χ3n) is 2.82. The van der Waals surface area contributed by atoms with E-state index in [0.717, 1.165) is 5.57 Å². The fourth-order valence-electron chi connectivity index (χ4n) is 1.99. The fourth-order valence-corrected chi connectivity index (χ4v) is 2.48.